The fraction of sp³-hybridized carbons (Fsp3) is 0.316. The molecule has 1 N–H and O–H groups in total. The molecule has 1 aromatic carbocycles. The van der Waals surface area contributed by atoms with Crippen molar-refractivity contribution in [2.24, 2.45) is 0 Å². The summed E-state index contributed by atoms with van der Waals surface area (Å²) in [5.41, 5.74) is 1.22. The van der Waals surface area contributed by atoms with Crippen LogP contribution in [0.2, 0.25) is 0 Å². The number of benzene rings is 1. The number of amides is 2. The summed E-state index contributed by atoms with van der Waals surface area (Å²) in [5.74, 6) is 0.635. The summed E-state index contributed by atoms with van der Waals surface area (Å²) in [4.78, 5) is 30.8. The van der Waals surface area contributed by atoms with Gasteiger partial charge in [0.1, 0.15) is 5.69 Å². The highest BCUT2D eigenvalue weighted by Gasteiger charge is 2.21. The van der Waals surface area contributed by atoms with Crippen molar-refractivity contribution in [1.29, 1.82) is 0 Å². The molecule has 0 unspecified atom stereocenters. The Morgan fingerprint density at radius 2 is 1.77 bits per heavy atom. The van der Waals surface area contributed by atoms with E-state index in [-0.39, 0.29) is 17.5 Å². The fourth-order valence-corrected chi connectivity index (χ4v) is 2.89. The zero-order chi connectivity index (χ0) is 18.5. The van der Waals surface area contributed by atoms with E-state index < -0.39 is 0 Å². The third kappa shape index (κ3) is 3.77. The van der Waals surface area contributed by atoms with E-state index in [1.807, 2.05) is 0 Å². The van der Waals surface area contributed by atoms with Gasteiger partial charge >= 0.3 is 0 Å². The molecule has 0 bridgehead atoms. The van der Waals surface area contributed by atoms with Gasteiger partial charge in [0.2, 0.25) is 0 Å². The van der Waals surface area contributed by atoms with Crippen molar-refractivity contribution in [3.63, 3.8) is 0 Å². The molecule has 1 aromatic heterocycles. The molecular weight excluding hydrogens is 334 g/mol. The number of anilines is 1. The van der Waals surface area contributed by atoms with Gasteiger partial charge in [-0.05, 0) is 37.1 Å². The summed E-state index contributed by atoms with van der Waals surface area (Å²) in [5, 5.41) is 2.79. The summed E-state index contributed by atoms with van der Waals surface area (Å²) in [6, 6.07) is 8.21. The third-order valence-corrected chi connectivity index (χ3v) is 4.28. The van der Waals surface area contributed by atoms with E-state index in [1.165, 1.54) is 19.4 Å². The first-order chi connectivity index (χ1) is 12.6. The molecule has 1 fully saturated rings. The molecule has 136 valence electrons. The molecule has 26 heavy (non-hydrogen) atoms. The zero-order valence-electron chi connectivity index (χ0n) is 14.8. The first-order valence-corrected chi connectivity index (χ1v) is 8.41. The predicted molar refractivity (Wildman–Crippen MR) is 96.9 cm³/mol. The average molecular weight is 355 g/mol. The quantitative estimate of drug-likeness (QED) is 0.892. The molecule has 3 rings (SSSR count). The maximum atomic E-state index is 12.5. The largest absolute Gasteiger partial charge is 0.493 e. The Morgan fingerprint density at radius 1 is 1.04 bits per heavy atom. The molecule has 0 spiro atoms. The lowest BCUT2D eigenvalue weighted by molar-refractivity contribution is 0.0787. The summed E-state index contributed by atoms with van der Waals surface area (Å²) in [6.07, 6.45) is 3.49. The molecular formula is C19H21N3O4. The number of aromatic nitrogens is 1. The van der Waals surface area contributed by atoms with Gasteiger partial charge in [-0.15, -0.1) is 0 Å². The number of nitrogens with zero attached hydrogens (tertiary/aromatic N) is 2. The number of pyridine rings is 1. The number of nitrogens with one attached hydrogen (secondary N) is 1. The van der Waals surface area contributed by atoms with Gasteiger partial charge < -0.3 is 19.7 Å². The molecule has 0 atom stereocenters. The third-order valence-electron chi connectivity index (χ3n) is 4.28. The second kappa shape index (κ2) is 7.86. The molecule has 2 heterocycles. The van der Waals surface area contributed by atoms with Crippen molar-refractivity contribution in [3.05, 3.63) is 47.8 Å². The molecule has 0 aliphatic carbocycles. The highest BCUT2D eigenvalue weighted by atomic mass is 16.5. The van der Waals surface area contributed by atoms with Gasteiger partial charge in [0.25, 0.3) is 11.8 Å². The van der Waals surface area contributed by atoms with Crippen molar-refractivity contribution in [3.8, 4) is 11.5 Å². The van der Waals surface area contributed by atoms with E-state index in [0.717, 1.165) is 25.9 Å². The molecule has 7 heteroatoms. The minimum absolute atomic E-state index is 0.136. The van der Waals surface area contributed by atoms with Crippen LogP contribution in [-0.2, 0) is 0 Å². The van der Waals surface area contributed by atoms with E-state index in [1.54, 1.807) is 36.3 Å². The highest BCUT2D eigenvalue weighted by Crippen LogP contribution is 2.29. The van der Waals surface area contributed by atoms with Crippen molar-refractivity contribution in [2.75, 3.05) is 32.6 Å². The lowest BCUT2D eigenvalue weighted by Crippen LogP contribution is -2.28. The van der Waals surface area contributed by atoms with E-state index in [9.17, 15) is 9.59 Å². The second-order valence-corrected chi connectivity index (χ2v) is 5.95. The van der Waals surface area contributed by atoms with Gasteiger partial charge in [-0.25, -0.2) is 0 Å². The SMILES string of the molecule is COc1ccc(NC(=O)c2ccnc(C(=O)N3CCCC3)c2)cc1OC. The van der Waals surface area contributed by atoms with Crippen LogP contribution in [0.4, 0.5) is 5.69 Å². The molecule has 2 amide bonds. The number of hydrogen-bond acceptors (Lipinski definition) is 5. The minimum atomic E-state index is -0.324. The monoisotopic (exact) mass is 355 g/mol. The topological polar surface area (TPSA) is 80.8 Å². The van der Waals surface area contributed by atoms with Crippen LogP contribution < -0.4 is 14.8 Å². The number of rotatable bonds is 5. The van der Waals surface area contributed by atoms with Gasteiger partial charge in [0.05, 0.1) is 14.2 Å². The Morgan fingerprint density at radius 3 is 2.46 bits per heavy atom. The minimum Gasteiger partial charge on any atom is -0.493 e. The molecule has 1 aliphatic heterocycles. The maximum Gasteiger partial charge on any atom is 0.272 e. The lowest BCUT2D eigenvalue weighted by atomic mass is 10.2. The summed E-state index contributed by atoms with van der Waals surface area (Å²) < 4.78 is 10.4. The summed E-state index contributed by atoms with van der Waals surface area (Å²) in [6.45, 7) is 1.48. The van der Waals surface area contributed by atoms with Crippen LogP contribution in [0.1, 0.15) is 33.7 Å². The Balaban J connectivity index is 1.76. The zero-order valence-corrected chi connectivity index (χ0v) is 14.8. The van der Waals surface area contributed by atoms with Crippen molar-refractivity contribution in [2.45, 2.75) is 12.8 Å². The lowest BCUT2D eigenvalue weighted by Gasteiger charge is -2.15. The average Bonchev–Trinajstić information content (AvgIpc) is 3.22. The van der Waals surface area contributed by atoms with Gasteiger partial charge in [-0.1, -0.05) is 0 Å². The van der Waals surface area contributed by atoms with E-state index in [2.05, 4.69) is 10.3 Å². The van der Waals surface area contributed by atoms with E-state index in [4.69, 9.17) is 9.47 Å². The van der Waals surface area contributed by atoms with Crippen molar-refractivity contribution >= 4 is 17.5 Å². The Hall–Kier alpha value is -3.09. The maximum absolute atomic E-state index is 12.5. The highest BCUT2D eigenvalue weighted by molar-refractivity contribution is 6.05. The Kier molecular flexibility index (Phi) is 5.36. The van der Waals surface area contributed by atoms with Crippen molar-refractivity contribution in [1.82, 2.24) is 9.88 Å². The van der Waals surface area contributed by atoms with Crippen LogP contribution in [0.25, 0.3) is 0 Å². The molecule has 2 aromatic rings. The number of methoxy groups -OCH3 is 2. The first kappa shape index (κ1) is 17.7. The van der Waals surface area contributed by atoms with Gasteiger partial charge in [-0.3, -0.25) is 14.6 Å². The van der Waals surface area contributed by atoms with Crippen LogP contribution in [0, 0.1) is 0 Å². The fourth-order valence-electron chi connectivity index (χ4n) is 2.89. The van der Waals surface area contributed by atoms with Crippen LogP contribution in [-0.4, -0.2) is 49.0 Å². The van der Waals surface area contributed by atoms with Gasteiger partial charge in [0.15, 0.2) is 11.5 Å². The van der Waals surface area contributed by atoms with Crippen LogP contribution in [0.15, 0.2) is 36.5 Å². The van der Waals surface area contributed by atoms with Gasteiger partial charge in [0, 0.05) is 36.6 Å². The van der Waals surface area contributed by atoms with Crippen molar-refractivity contribution < 1.29 is 19.1 Å². The molecule has 0 saturated carbocycles. The molecule has 0 radical (unpaired) electrons. The Labute approximate surface area is 151 Å². The smallest absolute Gasteiger partial charge is 0.272 e. The number of likely N-dealkylation sites (tertiary alicyclic amines) is 1. The van der Waals surface area contributed by atoms with E-state index >= 15 is 0 Å². The molecule has 1 saturated heterocycles. The predicted octanol–water partition coefficient (Wildman–Crippen LogP) is 2.59. The normalized spacial score (nSPS) is 13.4. The second-order valence-electron chi connectivity index (χ2n) is 5.95. The standard InChI is InChI=1S/C19H21N3O4/c1-25-16-6-5-14(12-17(16)26-2)21-18(23)13-7-8-20-15(11-13)19(24)22-9-3-4-10-22/h5-8,11-12H,3-4,9-10H2,1-2H3,(H,21,23). The summed E-state index contributed by atoms with van der Waals surface area (Å²) in [7, 11) is 3.08. The Bertz CT molecular complexity index is 816. The van der Waals surface area contributed by atoms with Crippen LogP contribution >= 0.6 is 0 Å². The molecule has 7 nitrogen and oxygen atoms in total. The van der Waals surface area contributed by atoms with Gasteiger partial charge in [-0.2, -0.15) is 0 Å². The number of carbonyl (C=O) groups is 2. The van der Waals surface area contributed by atoms with E-state index in [0.29, 0.717) is 22.7 Å². The molecule has 1 aliphatic rings. The van der Waals surface area contributed by atoms with Crippen LogP contribution in [0.5, 0.6) is 11.5 Å². The van der Waals surface area contributed by atoms with Crippen LogP contribution in [0.3, 0.4) is 0 Å². The number of hydrogen-bond donors (Lipinski definition) is 1. The number of ether oxygens (including phenoxy) is 2. The number of carbonyl (C=O) groups excluding carboxylic acids is 2. The summed E-state index contributed by atoms with van der Waals surface area (Å²) >= 11 is 0. The first-order valence-electron chi connectivity index (χ1n) is 8.41.